The Kier molecular flexibility index (Phi) is 4.84. The fourth-order valence-corrected chi connectivity index (χ4v) is 2.18. The van der Waals surface area contributed by atoms with Crippen LogP contribution in [0.15, 0.2) is 11.1 Å². The second-order valence-corrected chi connectivity index (χ2v) is 6.17. The number of aliphatic hydroxyl groups is 1. The summed E-state index contributed by atoms with van der Waals surface area (Å²) in [5.74, 6) is 0. The minimum absolute atomic E-state index is 0.401. The average molecular weight is 246 g/mol. The van der Waals surface area contributed by atoms with E-state index in [2.05, 4.69) is 19.2 Å². The van der Waals surface area contributed by atoms with Gasteiger partial charge in [0.25, 0.3) is 0 Å². The second-order valence-electron chi connectivity index (χ2n) is 5.95. The first-order chi connectivity index (χ1) is 7.37. The van der Waals surface area contributed by atoms with Gasteiger partial charge in [0.1, 0.15) is 0 Å². The van der Waals surface area contributed by atoms with Crippen LogP contribution in [-0.2, 0) is 0 Å². The van der Waals surface area contributed by atoms with Crippen molar-refractivity contribution in [3.05, 3.63) is 11.1 Å². The topological polar surface area (TPSA) is 32.3 Å². The molecular formula is C13H24ClNO. The van der Waals surface area contributed by atoms with Crippen molar-refractivity contribution in [3.63, 3.8) is 0 Å². The molecule has 3 heteroatoms. The largest absolute Gasteiger partial charge is 0.389 e. The molecule has 0 spiro atoms. The third kappa shape index (κ3) is 4.44. The molecule has 1 fully saturated rings. The van der Waals surface area contributed by atoms with Crippen LogP contribution in [0, 0.1) is 5.41 Å². The van der Waals surface area contributed by atoms with Gasteiger partial charge in [-0.15, -0.1) is 0 Å². The molecule has 1 aliphatic carbocycles. The lowest BCUT2D eigenvalue weighted by Crippen LogP contribution is -2.45. The van der Waals surface area contributed by atoms with Crippen molar-refractivity contribution in [2.24, 2.45) is 5.41 Å². The van der Waals surface area contributed by atoms with Crippen molar-refractivity contribution in [3.8, 4) is 0 Å². The van der Waals surface area contributed by atoms with Crippen molar-refractivity contribution in [1.29, 1.82) is 0 Å². The molecule has 16 heavy (non-hydrogen) atoms. The van der Waals surface area contributed by atoms with Crippen LogP contribution in [-0.4, -0.2) is 23.8 Å². The molecule has 0 aromatic carbocycles. The minimum atomic E-state index is -0.512. The summed E-state index contributed by atoms with van der Waals surface area (Å²) in [6, 6.07) is 0. The zero-order valence-electron chi connectivity index (χ0n) is 10.6. The lowest BCUT2D eigenvalue weighted by atomic mass is 9.71. The van der Waals surface area contributed by atoms with Gasteiger partial charge in [-0.25, -0.2) is 0 Å². The van der Waals surface area contributed by atoms with Crippen LogP contribution in [0.3, 0.4) is 0 Å². The summed E-state index contributed by atoms with van der Waals surface area (Å²) in [6.45, 7) is 7.97. The molecule has 0 heterocycles. The van der Waals surface area contributed by atoms with Gasteiger partial charge in [-0.3, -0.25) is 0 Å². The zero-order chi connectivity index (χ0) is 12.2. The molecular weight excluding hydrogens is 222 g/mol. The summed E-state index contributed by atoms with van der Waals surface area (Å²) < 4.78 is 0. The summed E-state index contributed by atoms with van der Waals surface area (Å²) in [5, 5.41) is 13.6. The lowest BCUT2D eigenvalue weighted by molar-refractivity contribution is -0.0237. The fourth-order valence-electron chi connectivity index (χ4n) is 2.10. The van der Waals surface area contributed by atoms with Gasteiger partial charge in [-0.1, -0.05) is 25.4 Å². The zero-order valence-corrected chi connectivity index (χ0v) is 11.4. The van der Waals surface area contributed by atoms with E-state index in [0.717, 1.165) is 37.8 Å². The molecule has 0 aliphatic heterocycles. The third-order valence-corrected chi connectivity index (χ3v) is 3.95. The van der Waals surface area contributed by atoms with Gasteiger partial charge in [0, 0.05) is 18.6 Å². The highest BCUT2D eigenvalue weighted by Gasteiger charge is 2.36. The Labute approximate surface area is 104 Å². The Morgan fingerprint density at radius 2 is 1.88 bits per heavy atom. The van der Waals surface area contributed by atoms with E-state index in [9.17, 15) is 5.11 Å². The van der Waals surface area contributed by atoms with E-state index in [-0.39, 0.29) is 0 Å². The van der Waals surface area contributed by atoms with Crippen molar-refractivity contribution in [2.45, 2.75) is 52.1 Å². The third-order valence-electron chi connectivity index (χ3n) is 3.58. The van der Waals surface area contributed by atoms with Crippen LogP contribution in [0.2, 0.25) is 0 Å². The Balaban J connectivity index is 2.32. The van der Waals surface area contributed by atoms with Crippen LogP contribution >= 0.6 is 11.6 Å². The van der Waals surface area contributed by atoms with Gasteiger partial charge in [0.2, 0.25) is 0 Å². The van der Waals surface area contributed by atoms with Gasteiger partial charge in [0.05, 0.1) is 5.60 Å². The quantitative estimate of drug-likeness (QED) is 0.798. The molecule has 0 aromatic rings. The summed E-state index contributed by atoms with van der Waals surface area (Å²) in [5.41, 5.74) is 2.57. The van der Waals surface area contributed by atoms with Crippen molar-refractivity contribution >= 4 is 11.6 Å². The van der Waals surface area contributed by atoms with Crippen LogP contribution < -0.4 is 5.32 Å². The maximum Gasteiger partial charge on any atom is 0.0772 e. The summed E-state index contributed by atoms with van der Waals surface area (Å²) in [4.78, 5) is 0. The van der Waals surface area contributed by atoms with Gasteiger partial charge in [0.15, 0.2) is 0 Å². The fraction of sp³-hybridized carbons (Fsp3) is 0.846. The second kappa shape index (κ2) is 5.52. The Bertz CT molecular complexity index is 251. The predicted molar refractivity (Wildman–Crippen MR) is 69.7 cm³/mol. The van der Waals surface area contributed by atoms with Crippen LogP contribution in [0.4, 0.5) is 0 Å². The maximum absolute atomic E-state index is 10.4. The molecule has 0 aromatic heterocycles. The predicted octanol–water partition coefficient (Wildman–Crippen LogP) is 3.05. The van der Waals surface area contributed by atoms with Gasteiger partial charge < -0.3 is 10.4 Å². The SMILES string of the molecule is CC(=CCl)CNCC1(O)CCC(C)(C)CC1. The van der Waals surface area contributed by atoms with E-state index >= 15 is 0 Å². The first-order valence-corrected chi connectivity index (χ1v) is 6.50. The number of hydrogen-bond donors (Lipinski definition) is 2. The summed E-state index contributed by atoms with van der Waals surface area (Å²) >= 11 is 5.58. The molecule has 0 unspecified atom stereocenters. The molecule has 0 atom stereocenters. The minimum Gasteiger partial charge on any atom is -0.389 e. The number of halogens is 1. The van der Waals surface area contributed by atoms with E-state index in [1.54, 1.807) is 5.54 Å². The Morgan fingerprint density at radius 1 is 1.31 bits per heavy atom. The highest BCUT2D eigenvalue weighted by atomic mass is 35.5. The first-order valence-electron chi connectivity index (χ1n) is 6.06. The smallest absolute Gasteiger partial charge is 0.0772 e. The summed E-state index contributed by atoms with van der Waals surface area (Å²) in [7, 11) is 0. The van der Waals surface area contributed by atoms with Gasteiger partial charge >= 0.3 is 0 Å². The van der Waals surface area contributed by atoms with Gasteiger partial charge in [-0.2, -0.15) is 0 Å². The molecule has 1 aliphatic rings. The molecule has 94 valence electrons. The molecule has 0 radical (unpaired) electrons. The molecule has 1 rings (SSSR count). The Hall–Kier alpha value is -0.0500. The van der Waals surface area contributed by atoms with E-state index in [0.29, 0.717) is 12.0 Å². The molecule has 1 saturated carbocycles. The number of hydrogen-bond acceptors (Lipinski definition) is 2. The highest BCUT2D eigenvalue weighted by molar-refractivity contribution is 6.25. The maximum atomic E-state index is 10.4. The first kappa shape index (κ1) is 14.0. The van der Waals surface area contributed by atoms with E-state index in [4.69, 9.17) is 11.6 Å². The molecule has 0 amide bonds. The standard InChI is InChI=1S/C13H24ClNO/c1-11(8-14)9-15-10-13(16)6-4-12(2,3)5-7-13/h8,15-16H,4-7,9-10H2,1-3H3. The molecule has 2 N–H and O–H groups in total. The van der Waals surface area contributed by atoms with E-state index in [1.165, 1.54) is 0 Å². The molecule has 0 bridgehead atoms. The lowest BCUT2D eigenvalue weighted by Gasteiger charge is -2.40. The van der Waals surface area contributed by atoms with Crippen LogP contribution in [0.5, 0.6) is 0 Å². The highest BCUT2D eigenvalue weighted by Crippen LogP contribution is 2.39. The van der Waals surface area contributed by atoms with Crippen molar-refractivity contribution in [1.82, 2.24) is 5.32 Å². The monoisotopic (exact) mass is 245 g/mol. The van der Waals surface area contributed by atoms with Gasteiger partial charge in [-0.05, 0) is 43.6 Å². The Morgan fingerprint density at radius 3 is 2.38 bits per heavy atom. The van der Waals surface area contributed by atoms with E-state index < -0.39 is 5.60 Å². The van der Waals surface area contributed by atoms with E-state index in [1.807, 2.05) is 6.92 Å². The van der Waals surface area contributed by atoms with Crippen LogP contribution in [0.1, 0.15) is 46.5 Å². The van der Waals surface area contributed by atoms with Crippen LogP contribution in [0.25, 0.3) is 0 Å². The van der Waals surface area contributed by atoms with Crippen molar-refractivity contribution < 1.29 is 5.11 Å². The number of rotatable bonds is 4. The normalized spacial score (nSPS) is 24.4. The average Bonchev–Trinajstić information content (AvgIpc) is 2.23. The molecule has 0 saturated heterocycles. The number of nitrogens with one attached hydrogen (secondary N) is 1. The summed E-state index contributed by atoms with van der Waals surface area (Å²) in [6.07, 6.45) is 4.01. The van der Waals surface area contributed by atoms with Crippen molar-refractivity contribution in [2.75, 3.05) is 13.1 Å². The molecule has 2 nitrogen and oxygen atoms in total.